The lowest BCUT2D eigenvalue weighted by atomic mass is 10.1. The molecule has 0 aliphatic rings. The van der Waals surface area contributed by atoms with Crippen LogP contribution in [-0.4, -0.2) is 23.2 Å². The lowest BCUT2D eigenvalue weighted by molar-refractivity contribution is 0.0692. The Morgan fingerprint density at radius 3 is 2.60 bits per heavy atom. The van der Waals surface area contributed by atoms with E-state index in [-0.39, 0.29) is 5.69 Å². The second kappa shape index (κ2) is 4.68. The highest BCUT2D eigenvalue weighted by Gasteiger charge is 2.20. The Morgan fingerprint density at radius 2 is 2.00 bits per heavy atom. The minimum absolute atomic E-state index is 0.233. The van der Waals surface area contributed by atoms with Crippen molar-refractivity contribution in [2.24, 2.45) is 0 Å². The fourth-order valence-electron chi connectivity index (χ4n) is 2.30. The summed E-state index contributed by atoms with van der Waals surface area (Å²) < 4.78 is 6.11. The Balaban J connectivity index is 2.25. The fraction of sp³-hybridized carbons (Fsp3) is 0.133. The van der Waals surface area contributed by atoms with Crippen LogP contribution in [0.3, 0.4) is 0 Å². The lowest BCUT2D eigenvalue weighted by Gasteiger charge is -2.03. The molecule has 0 aliphatic carbocycles. The summed E-state index contributed by atoms with van der Waals surface area (Å²) in [7, 11) is 1.61. The molecular formula is C15H13NO3S. The number of aryl methyl sites for hydroxylation is 1. The molecule has 0 saturated carbocycles. The van der Waals surface area contributed by atoms with Gasteiger partial charge in [-0.1, -0.05) is 12.1 Å². The number of rotatable bonds is 3. The zero-order valence-corrected chi connectivity index (χ0v) is 11.9. The van der Waals surface area contributed by atoms with Crippen LogP contribution in [0.25, 0.3) is 21.3 Å². The molecule has 3 rings (SSSR count). The van der Waals surface area contributed by atoms with Gasteiger partial charge < -0.3 is 14.8 Å². The number of methoxy groups -OCH3 is 1. The number of aromatic nitrogens is 1. The van der Waals surface area contributed by atoms with Crippen LogP contribution in [0.1, 0.15) is 15.4 Å². The minimum atomic E-state index is -0.947. The monoisotopic (exact) mass is 287 g/mol. The van der Waals surface area contributed by atoms with Crippen LogP contribution >= 0.6 is 11.3 Å². The summed E-state index contributed by atoms with van der Waals surface area (Å²) in [6, 6.07) is 9.39. The van der Waals surface area contributed by atoms with Gasteiger partial charge in [0.05, 0.1) is 17.3 Å². The average molecular weight is 287 g/mol. The topological polar surface area (TPSA) is 62.3 Å². The Bertz CT molecular complexity index is 783. The van der Waals surface area contributed by atoms with E-state index in [0.717, 1.165) is 32.0 Å². The second-order valence-corrected chi connectivity index (χ2v) is 5.76. The van der Waals surface area contributed by atoms with Gasteiger partial charge in [-0.05, 0) is 30.7 Å². The van der Waals surface area contributed by atoms with E-state index >= 15 is 0 Å². The predicted octanol–water partition coefficient (Wildman–Crippen LogP) is 3.91. The Labute approximate surface area is 119 Å². The number of hydrogen-bond donors (Lipinski definition) is 2. The molecule has 0 bridgehead atoms. The molecule has 0 atom stereocenters. The van der Waals surface area contributed by atoms with Crippen LogP contribution in [0, 0.1) is 6.92 Å². The number of aromatic amines is 1. The van der Waals surface area contributed by atoms with Gasteiger partial charge in [0.15, 0.2) is 0 Å². The first-order chi connectivity index (χ1) is 9.60. The maximum atomic E-state index is 11.4. The molecule has 2 aromatic heterocycles. The number of hydrogen-bond acceptors (Lipinski definition) is 3. The Kier molecular flexibility index (Phi) is 2.99. The van der Waals surface area contributed by atoms with Gasteiger partial charge in [-0.3, -0.25) is 0 Å². The Morgan fingerprint density at radius 1 is 1.30 bits per heavy atom. The summed E-state index contributed by atoms with van der Waals surface area (Å²) in [5.74, 6) is -0.198. The van der Waals surface area contributed by atoms with Crippen LogP contribution in [0.15, 0.2) is 30.3 Å². The van der Waals surface area contributed by atoms with Crippen molar-refractivity contribution >= 4 is 27.5 Å². The SMILES string of the molecule is COc1ccc(-c2c(C(=O)O)[nH]c3cc(C)sc23)cc1. The van der Waals surface area contributed by atoms with Gasteiger partial charge in [0, 0.05) is 10.4 Å². The molecule has 0 fully saturated rings. The predicted molar refractivity (Wildman–Crippen MR) is 79.9 cm³/mol. The zero-order valence-electron chi connectivity index (χ0n) is 11.1. The van der Waals surface area contributed by atoms with E-state index in [9.17, 15) is 9.90 Å². The molecule has 0 spiro atoms. The number of benzene rings is 1. The highest BCUT2D eigenvalue weighted by Crippen LogP contribution is 2.38. The van der Waals surface area contributed by atoms with Crippen LogP contribution in [0.2, 0.25) is 0 Å². The van der Waals surface area contributed by atoms with Crippen molar-refractivity contribution in [2.75, 3.05) is 7.11 Å². The molecule has 2 heterocycles. The van der Waals surface area contributed by atoms with E-state index in [1.807, 2.05) is 37.3 Å². The third-order valence-electron chi connectivity index (χ3n) is 3.18. The van der Waals surface area contributed by atoms with Crippen molar-refractivity contribution in [1.82, 2.24) is 4.98 Å². The molecule has 5 heteroatoms. The summed E-state index contributed by atoms with van der Waals surface area (Å²) in [6.07, 6.45) is 0. The van der Waals surface area contributed by atoms with E-state index in [4.69, 9.17) is 4.74 Å². The van der Waals surface area contributed by atoms with Gasteiger partial charge in [0.25, 0.3) is 0 Å². The molecule has 3 aromatic rings. The third-order valence-corrected chi connectivity index (χ3v) is 4.25. The molecular weight excluding hydrogens is 274 g/mol. The van der Waals surface area contributed by atoms with Gasteiger partial charge in [-0.2, -0.15) is 0 Å². The highest BCUT2D eigenvalue weighted by molar-refractivity contribution is 7.19. The molecule has 0 unspecified atom stereocenters. The first kappa shape index (κ1) is 12.7. The quantitative estimate of drug-likeness (QED) is 0.767. The molecule has 0 aliphatic heterocycles. The number of H-pyrrole nitrogens is 1. The van der Waals surface area contributed by atoms with Crippen LogP contribution in [0.5, 0.6) is 5.75 Å². The number of carboxylic acid groups (broad SMARTS) is 1. The van der Waals surface area contributed by atoms with Crippen molar-refractivity contribution < 1.29 is 14.6 Å². The summed E-state index contributed by atoms with van der Waals surface area (Å²) in [5, 5.41) is 9.37. The first-order valence-corrected chi connectivity index (χ1v) is 6.91. The van der Waals surface area contributed by atoms with Gasteiger partial charge in [-0.25, -0.2) is 4.79 Å². The van der Waals surface area contributed by atoms with Crippen LogP contribution < -0.4 is 4.74 Å². The second-order valence-electron chi connectivity index (χ2n) is 4.51. The van der Waals surface area contributed by atoms with E-state index < -0.39 is 5.97 Å². The first-order valence-electron chi connectivity index (χ1n) is 6.10. The number of carboxylic acids is 1. The van der Waals surface area contributed by atoms with E-state index in [0.29, 0.717) is 0 Å². The van der Waals surface area contributed by atoms with Crippen molar-refractivity contribution in [3.63, 3.8) is 0 Å². The number of nitrogens with one attached hydrogen (secondary N) is 1. The van der Waals surface area contributed by atoms with Gasteiger partial charge >= 0.3 is 5.97 Å². The Hall–Kier alpha value is -2.27. The maximum absolute atomic E-state index is 11.4. The number of carbonyl (C=O) groups is 1. The summed E-state index contributed by atoms with van der Waals surface area (Å²) in [4.78, 5) is 15.6. The summed E-state index contributed by atoms with van der Waals surface area (Å²) in [6.45, 7) is 2.01. The van der Waals surface area contributed by atoms with Crippen molar-refractivity contribution in [3.05, 3.63) is 40.9 Å². The molecule has 2 N–H and O–H groups in total. The van der Waals surface area contributed by atoms with Crippen molar-refractivity contribution in [3.8, 4) is 16.9 Å². The largest absolute Gasteiger partial charge is 0.497 e. The summed E-state index contributed by atoms with van der Waals surface area (Å²) in [5.41, 5.74) is 2.72. The van der Waals surface area contributed by atoms with Gasteiger partial charge in [-0.15, -0.1) is 11.3 Å². The molecule has 0 radical (unpaired) electrons. The van der Waals surface area contributed by atoms with Crippen LogP contribution in [-0.2, 0) is 0 Å². The third kappa shape index (κ3) is 1.96. The normalized spacial score (nSPS) is 10.9. The smallest absolute Gasteiger partial charge is 0.353 e. The highest BCUT2D eigenvalue weighted by atomic mass is 32.1. The van der Waals surface area contributed by atoms with Gasteiger partial charge in [0.2, 0.25) is 0 Å². The molecule has 4 nitrogen and oxygen atoms in total. The molecule has 20 heavy (non-hydrogen) atoms. The molecule has 0 saturated heterocycles. The number of fused-ring (bicyclic) bond motifs is 1. The number of ether oxygens (including phenoxy) is 1. The average Bonchev–Trinajstić information content (AvgIpc) is 2.94. The lowest BCUT2D eigenvalue weighted by Crippen LogP contribution is -1.98. The maximum Gasteiger partial charge on any atom is 0.353 e. The van der Waals surface area contributed by atoms with Crippen molar-refractivity contribution in [2.45, 2.75) is 6.92 Å². The van der Waals surface area contributed by atoms with Crippen LogP contribution in [0.4, 0.5) is 0 Å². The molecule has 0 amide bonds. The number of thiophene rings is 1. The summed E-state index contributed by atoms with van der Waals surface area (Å²) >= 11 is 1.60. The molecule has 102 valence electrons. The van der Waals surface area contributed by atoms with E-state index in [1.165, 1.54) is 0 Å². The molecule has 1 aromatic carbocycles. The van der Waals surface area contributed by atoms with E-state index in [1.54, 1.807) is 18.4 Å². The standard InChI is InChI=1S/C15H13NO3S/c1-8-7-11-14(20-8)12(13(16-11)15(17)18)9-3-5-10(19-2)6-4-9/h3-7,16H,1-2H3,(H,17,18). The minimum Gasteiger partial charge on any atom is -0.497 e. The zero-order chi connectivity index (χ0) is 14.3. The number of aromatic carboxylic acids is 1. The van der Waals surface area contributed by atoms with Gasteiger partial charge in [0.1, 0.15) is 11.4 Å². The van der Waals surface area contributed by atoms with E-state index in [2.05, 4.69) is 4.98 Å². The van der Waals surface area contributed by atoms with Crippen molar-refractivity contribution in [1.29, 1.82) is 0 Å². The fourth-order valence-corrected chi connectivity index (χ4v) is 3.34.